The summed E-state index contributed by atoms with van der Waals surface area (Å²) < 4.78 is 42.4. The molecule has 0 aromatic heterocycles. The molecule has 8 nitrogen and oxygen atoms in total. The van der Waals surface area contributed by atoms with Gasteiger partial charge in [0.05, 0.1) is 38.7 Å². The molecular weight excluding hydrogens is 408 g/mol. The van der Waals surface area contributed by atoms with Gasteiger partial charge in [-0.05, 0) is 49.7 Å². The van der Waals surface area contributed by atoms with Gasteiger partial charge in [-0.1, -0.05) is 6.07 Å². The van der Waals surface area contributed by atoms with Crippen LogP contribution in [0.15, 0.2) is 36.4 Å². The minimum Gasteiger partial charge on any atom is -0.497 e. The Morgan fingerprint density at radius 3 is 2.57 bits per heavy atom. The Morgan fingerprint density at radius 1 is 1.20 bits per heavy atom. The molecule has 1 aliphatic heterocycles. The number of rotatable bonds is 6. The topological polar surface area (TPSA) is 94.2 Å². The van der Waals surface area contributed by atoms with Crippen LogP contribution in [0.3, 0.4) is 0 Å². The van der Waals surface area contributed by atoms with Crippen LogP contribution in [0.2, 0.25) is 0 Å². The van der Waals surface area contributed by atoms with Crippen molar-refractivity contribution in [1.29, 1.82) is 0 Å². The highest BCUT2D eigenvalue weighted by molar-refractivity contribution is 7.92. The highest BCUT2D eigenvalue weighted by atomic mass is 32.2. The summed E-state index contributed by atoms with van der Waals surface area (Å²) in [4.78, 5) is 13.0. The Kier molecular flexibility index (Phi) is 6.12. The van der Waals surface area contributed by atoms with Crippen LogP contribution in [-0.2, 0) is 14.8 Å². The van der Waals surface area contributed by atoms with E-state index in [1.807, 2.05) is 19.9 Å². The third-order valence-corrected chi connectivity index (χ3v) is 6.09. The number of benzene rings is 2. The lowest BCUT2D eigenvalue weighted by atomic mass is 10.1. The van der Waals surface area contributed by atoms with Gasteiger partial charge in [-0.15, -0.1) is 0 Å². The second kappa shape index (κ2) is 8.43. The van der Waals surface area contributed by atoms with Gasteiger partial charge in [0.2, 0.25) is 10.0 Å². The Hall–Kier alpha value is -2.94. The molecule has 2 aromatic rings. The third-order valence-electron chi connectivity index (χ3n) is 4.94. The van der Waals surface area contributed by atoms with E-state index in [0.717, 1.165) is 17.4 Å². The number of carbonyl (C=O) groups is 1. The molecule has 0 spiro atoms. The molecule has 1 amide bonds. The van der Waals surface area contributed by atoms with E-state index in [2.05, 4.69) is 5.32 Å². The van der Waals surface area contributed by atoms with Crippen molar-refractivity contribution < 1.29 is 27.4 Å². The summed E-state index contributed by atoms with van der Waals surface area (Å²) in [7, 11) is -0.478. The second-order valence-corrected chi connectivity index (χ2v) is 9.12. The van der Waals surface area contributed by atoms with E-state index in [1.54, 1.807) is 44.6 Å². The summed E-state index contributed by atoms with van der Waals surface area (Å²) >= 11 is 0. The molecule has 0 aliphatic carbocycles. The third kappa shape index (κ3) is 4.46. The Balaban J connectivity index is 1.85. The molecule has 0 fully saturated rings. The number of ether oxygens (including phenoxy) is 3. The van der Waals surface area contributed by atoms with E-state index in [4.69, 9.17) is 14.2 Å². The Bertz CT molecular complexity index is 1050. The first-order valence-electron chi connectivity index (χ1n) is 9.41. The van der Waals surface area contributed by atoms with Crippen molar-refractivity contribution >= 4 is 21.6 Å². The first-order chi connectivity index (χ1) is 14.1. The zero-order chi connectivity index (χ0) is 22.1. The largest absolute Gasteiger partial charge is 0.497 e. The summed E-state index contributed by atoms with van der Waals surface area (Å²) in [6.45, 7) is 3.56. The van der Waals surface area contributed by atoms with Crippen molar-refractivity contribution in [3.63, 3.8) is 0 Å². The number of hydrogen-bond donors (Lipinski definition) is 1. The minimum absolute atomic E-state index is 0.108. The lowest BCUT2D eigenvalue weighted by Crippen LogP contribution is -2.50. The van der Waals surface area contributed by atoms with Gasteiger partial charge < -0.3 is 19.5 Å². The van der Waals surface area contributed by atoms with E-state index < -0.39 is 28.1 Å². The summed E-state index contributed by atoms with van der Waals surface area (Å²) in [5, 5.41) is 2.89. The molecule has 0 saturated heterocycles. The van der Waals surface area contributed by atoms with Gasteiger partial charge in [-0.25, -0.2) is 8.42 Å². The molecule has 1 N–H and O–H groups in total. The van der Waals surface area contributed by atoms with Crippen LogP contribution in [0.25, 0.3) is 0 Å². The molecule has 162 valence electrons. The predicted octanol–water partition coefficient (Wildman–Crippen LogP) is 2.42. The molecule has 1 aliphatic rings. The van der Waals surface area contributed by atoms with Crippen LogP contribution < -0.4 is 23.8 Å². The van der Waals surface area contributed by atoms with Crippen LogP contribution in [0.1, 0.15) is 24.1 Å². The molecule has 0 radical (unpaired) electrons. The summed E-state index contributed by atoms with van der Waals surface area (Å²) in [6.07, 6.45) is 0.123. The minimum atomic E-state index is -3.59. The highest BCUT2D eigenvalue weighted by Gasteiger charge is 2.35. The van der Waals surface area contributed by atoms with E-state index in [-0.39, 0.29) is 6.54 Å². The zero-order valence-corrected chi connectivity index (χ0v) is 18.4. The SMILES string of the molecule is COc1ccc(OC)c([C@@H](C)NC(=O)[C@@H]2CN(S(C)(=O)=O)c3cc(C)ccc3O2)c1. The van der Waals surface area contributed by atoms with Gasteiger partial charge in [0.1, 0.15) is 17.2 Å². The molecule has 3 rings (SSSR count). The second-order valence-electron chi connectivity index (χ2n) is 7.21. The predicted molar refractivity (Wildman–Crippen MR) is 114 cm³/mol. The van der Waals surface area contributed by atoms with Crippen LogP contribution in [0.5, 0.6) is 17.2 Å². The quantitative estimate of drug-likeness (QED) is 0.750. The van der Waals surface area contributed by atoms with Gasteiger partial charge in [-0.2, -0.15) is 0 Å². The fraction of sp³-hybridized carbons (Fsp3) is 0.381. The van der Waals surface area contributed by atoms with Gasteiger partial charge in [0.15, 0.2) is 6.10 Å². The lowest BCUT2D eigenvalue weighted by molar-refractivity contribution is -0.128. The van der Waals surface area contributed by atoms with Gasteiger partial charge in [-0.3, -0.25) is 9.10 Å². The summed E-state index contributed by atoms with van der Waals surface area (Å²) in [5.41, 5.74) is 2.06. The number of sulfonamides is 1. The monoisotopic (exact) mass is 434 g/mol. The van der Waals surface area contributed by atoms with Crippen molar-refractivity contribution in [3.8, 4) is 17.2 Å². The van der Waals surface area contributed by atoms with Gasteiger partial charge in [0.25, 0.3) is 5.91 Å². The molecule has 0 saturated carbocycles. The molecule has 0 unspecified atom stereocenters. The molecule has 2 aromatic carbocycles. The number of carbonyl (C=O) groups excluding carboxylic acids is 1. The number of hydrogen-bond acceptors (Lipinski definition) is 6. The van der Waals surface area contributed by atoms with E-state index >= 15 is 0 Å². The molecule has 2 atom stereocenters. The Morgan fingerprint density at radius 2 is 1.93 bits per heavy atom. The first-order valence-corrected chi connectivity index (χ1v) is 11.3. The number of fused-ring (bicyclic) bond motifs is 1. The zero-order valence-electron chi connectivity index (χ0n) is 17.6. The average Bonchev–Trinajstić information content (AvgIpc) is 2.71. The van der Waals surface area contributed by atoms with Crippen molar-refractivity contribution in [2.45, 2.75) is 26.0 Å². The standard InChI is InChI=1S/C21H26N2O6S/c1-13-6-8-19-17(10-13)23(30(5,25)26)12-20(29-19)21(24)22-14(2)16-11-15(27-3)7-9-18(16)28-4/h6-11,14,20H,12H2,1-5H3,(H,22,24)/t14-,20+/m1/s1. The first kappa shape index (κ1) is 21.8. The number of nitrogens with zero attached hydrogens (tertiary/aromatic N) is 1. The maximum Gasteiger partial charge on any atom is 0.263 e. The maximum atomic E-state index is 13.0. The molecule has 9 heteroatoms. The number of aryl methyl sites for hydroxylation is 1. The highest BCUT2D eigenvalue weighted by Crippen LogP contribution is 2.36. The summed E-state index contributed by atoms with van der Waals surface area (Å²) in [5.74, 6) is 1.16. The summed E-state index contributed by atoms with van der Waals surface area (Å²) in [6, 6.07) is 10.1. The van der Waals surface area contributed by atoms with Crippen LogP contribution in [-0.4, -0.2) is 47.4 Å². The van der Waals surface area contributed by atoms with Crippen molar-refractivity contribution in [3.05, 3.63) is 47.5 Å². The van der Waals surface area contributed by atoms with E-state index in [1.165, 1.54) is 4.31 Å². The van der Waals surface area contributed by atoms with E-state index in [0.29, 0.717) is 22.9 Å². The van der Waals surface area contributed by atoms with Crippen LogP contribution in [0.4, 0.5) is 5.69 Å². The van der Waals surface area contributed by atoms with Crippen molar-refractivity contribution in [2.75, 3.05) is 31.3 Å². The lowest BCUT2D eigenvalue weighted by Gasteiger charge is -2.34. The van der Waals surface area contributed by atoms with Crippen LogP contribution >= 0.6 is 0 Å². The van der Waals surface area contributed by atoms with Gasteiger partial charge >= 0.3 is 0 Å². The Labute approximate surface area is 176 Å². The van der Waals surface area contributed by atoms with Crippen LogP contribution in [0, 0.1) is 6.92 Å². The number of amides is 1. The number of anilines is 1. The normalized spacial score (nSPS) is 16.8. The fourth-order valence-corrected chi connectivity index (χ4v) is 4.28. The van der Waals surface area contributed by atoms with E-state index in [9.17, 15) is 13.2 Å². The number of methoxy groups -OCH3 is 2. The number of nitrogens with one attached hydrogen (secondary N) is 1. The molecule has 1 heterocycles. The molecule has 0 bridgehead atoms. The van der Waals surface area contributed by atoms with Crippen molar-refractivity contribution in [2.24, 2.45) is 0 Å². The molecular formula is C21H26N2O6S. The smallest absolute Gasteiger partial charge is 0.263 e. The average molecular weight is 435 g/mol. The molecule has 30 heavy (non-hydrogen) atoms. The van der Waals surface area contributed by atoms with Crippen molar-refractivity contribution in [1.82, 2.24) is 5.32 Å². The fourth-order valence-electron chi connectivity index (χ4n) is 3.37. The maximum absolute atomic E-state index is 13.0. The van der Waals surface area contributed by atoms with Gasteiger partial charge in [0, 0.05) is 5.56 Å².